The summed E-state index contributed by atoms with van der Waals surface area (Å²) in [6.07, 6.45) is 1.80. The minimum atomic E-state index is -0.167. The smallest absolute Gasteiger partial charge is 0.263 e. The number of halogens is 1. The molecular formula is C15H10BrNO2S3. The molecule has 3 rings (SSSR count). The normalized spacial score (nSPS) is 16.1. The van der Waals surface area contributed by atoms with E-state index in [-0.39, 0.29) is 5.91 Å². The van der Waals surface area contributed by atoms with Crippen molar-refractivity contribution in [3.8, 4) is 5.75 Å². The summed E-state index contributed by atoms with van der Waals surface area (Å²) in [7, 11) is 0. The van der Waals surface area contributed by atoms with Crippen LogP contribution in [-0.2, 0) is 11.4 Å². The first-order valence-electron chi connectivity index (χ1n) is 6.31. The second-order valence-corrected chi connectivity index (χ2v) is 8.07. The third kappa shape index (κ3) is 3.78. The minimum absolute atomic E-state index is 0.167. The number of thioether (sulfide) groups is 1. The summed E-state index contributed by atoms with van der Waals surface area (Å²) in [4.78, 5) is 13.5. The van der Waals surface area contributed by atoms with Crippen LogP contribution in [0.15, 0.2) is 45.1 Å². The van der Waals surface area contributed by atoms with Crippen molar-refractivity contribution in [2.24, 2.45) is 0 Å². The van der Waals surface area contributed by atoms with E-state index in [9.17, 15) is 4.79 Å². The minimum Gasteiger partial charge on any atom is -0.487 e. The molecule has 0 aliphatic carbocycles. The molecule has 1 saturated heterocycles. The Labute approximate surface area is 149 Å². The summed E-state index contributed by atoms with van der Waals surface area (Å²) in [5, 5.41) is 4.63. The molecule has 2 heterocycles. The fraction of sp³-hybridized carbons (Fsp3) is 0.0667. The molecular weight excluding hydrogens is 402 g/mol. The van der Waals surface area contributed by atoms with Crippen LogP contribution in [0, 0.1) is 0 Å². The fourth-order valence-corrected chi connectivity index (χ4v) is 3.90. The van der Waals surface area contributed by atoms with E-state index in [1.165, 1.54) is 11.8 Å². The van der Waals surface area contributed by atoms with E-state index in [0.29, 0.717) is 15.8 Å². The summed E-state index contributed by atoms with van der Waals surface area (Å²) in [5.74, 6) is 0.564. The highest BCUT2D eigenvalue weighted by atomic mass is 79.9. The Kier molecular flexibility index (Phi) is 4.97. The number of ether oxygens (including phenoxy) is 1. The van der Waals surface area contributed by atoms with E-state index in [2.05, 4.69) is 21.2 Å². The van der Waals surface area contributed by atoms with Gasteiger partial charge in [-0.3, -0.25) is 4.79 Å². The highest BCUT2D eigenvalue weighted by molar-refractivity contribution is 9.10. The fourth-order valence-electron chi connectivity index (χ4n) is 1.87. The van der Waals surface area contributed by atoms with Crippen LogP contribution >= 0.6 is 51.2 Å². The molecule has 112 valence electrons. The molecule has 1 aliphatic rings. The maximum absolute atomic E-state index is 11.8. The van der Waals surface area contributed by atoms with Gasteiger partial charge < -0.3 is 10.1 Å². The van der Waals surface area contributed by atoms with E-state index < -0.39 is 0 Å². The lowest BCUT2D eigenvalue weighted by Gasteiger charge is -2.09. The van der Waals surface area contributed by atoms with Gasteiger partial charge in [-0.1, -0.05) is 46.0 Å². The summed E-state index contributed by atoms with van der Waals surface area (Å²) < 4.78 is 7.28. The molecule has 0 atom stereocenters. The van der Waals surface area contributed by atoms with Crippen LogP contribution in [0.1, 0.15) is 10.4 Å². The van der Waals surface area contributed by atoms with Crippen LogP contribution in [0.2, 0.25) is 0 Å². The second kappa shape index (κ2) is 6.95. The van der Waals surface area contributed by atoms with Gasteiger partial charge in [0.1, 0.15) is 16.7 Å². The Hall–Kier alpha value is -1.15. The molecule has 0 unspecified atom stereocenters. The molecule has 1 aromatic heterocycles. The van der Waals surface area contributed by atoms with E-state index in [4.69, 9.17) is 17.0 Å². The second-order valence-electron chi connectivity index (χ2n) is 4.40. The Morgan fingerprint density at radius 2 is 2.23 bits per heavy atom. The molecule has 0 spiro atoms. The van der Waals surface area contributed by atoms with E-state index in [1.54, 1.807) is 17.4 Å². The van der Waals surface area contributed by atoms with Crippen LogP contribution in [0.3, 0.4) is 0 Å². The largest absolute Gasteiger partial charge is 0.487 e. The number of thiophene rings is 1. The zero-order valence-electron chi connectivity index (χ0n) is 11.2. The van der Waals surface area contributed by atoms with Gasteiger partial charge in [-0.05, 0) is 35.7 Å². The van der Waals surface area contributed by atoms with Crippen LogP contribution in [-0.4, -0.2) is 10.2 Å². The van der Waals surface area contributed by atoms with Gasteiger partial charge in [0.15, 0.2) is 0 Å². The zero-order valence-corrected chi connectivity index (χ0v) is 15.2. The predicted molar refractivity (Wildman–Crippen MR) is 99.1 cm³/mol. The quantitative estimate of drug-likeness (QED) is 0.590. The summed E-state index contributed by atoms with van der Waals surface area (Å²) in [5.41, 5.74) is 0.841. The van der Waals surface area contributed by atoms with Crippen LogP contribution in [0.4, 0.5) is 0 Å². The summed E-state index contributed by atoms with van der Waals surface area (Å²) in [6.45, 7) is 0.507. The number of benzene rings is 1. The first kappa shape index (κ1) is 15.7. The molecule has 2 aromatic rings. The Bertz CT molecular complexity index is 756. The van der Waals surface area contributed by atoms with E-state index in [0.717, 1.165) is 20.7 Å². The molecule has 22 heavy (non-hydrogen) atoms. The highest BCUT2D eigenvalue weighted by Gasteiger charge is 2.22. The first-order valence-corrected chi connectivity index (χ1v) is 9.21. The van der Waals surface area contributed by atoms with Crippen LogP contribution in [0.25, 0.3) is 6.08 Å². The van der Waals surface area contributed by atoms with Crippen molar-refractivity contribution in [1.29, 1.82) is 0 Å². The molecule has 0 bridgehead atoms. The van der Waals surface area contributed by atoms with Gasteiger partial charge >= 0.3 is 0 Å². The summed E-state index contributed by atoms with van der Waals surface area (Å²) >= 11 is 11.4. The monoisotopic (exact) mass is 411 g/mol. The Morgan fingerprint density at radius 1 is 1.36 bits per heavy atom. The van der Waals surface area contributed by atoms with Crippen molar-refractivity contribution in [3.63, 3.8) is 0 Å². The number of nitrogens with one attached hydrogen (secondary N) is 1. The van der Waals surface area contributed by atoms with Crippen LogP contribution in [0.5, 0.6) is 5.75 Å². The average molecular weight is 412 g/mol. The lowest BCUT2D eigenvalue weighted by molar-refractivity contribution is -0.115. The molecule has 0 radical (unpaired) electrons. The van der Waals surface area contributed by atoms with Gasteiger partial charge in [0.2, 0.25) is 0 Å². The molecule has 1 amide bonds. The molecule has 1 N–H and O–H groups in total. The van der Waals surface area contributed by atoms with Gasteiger partial charge in [0, 0.05) is 14.9 Å². The van der Waals surface area contributed by atoms with Crippen molar-refractivity contribution >= 4 is 67.6 Å². The number of carbonyl (C=O) groups excluding carboxylic acids is 1. The Balaban J connectivity index is 1.86. The SMILES string of the molecule is O=C1NC(=S)S/C1=C/c1cc(Br)ccc1OCc1cccs1. The zero-order chi connectivity index (χ0) is 15.5. The van der Waals surface area contributed by atoms with Crippen molar-refractivity contribution in [3.05, 3.63) is 55.5 Å². The molecule has 1 aromatic carbocycles. The topological polar surface area (TPSA) is 38.3 Å². The van der Waals surface area contributed by atoms with Gasteiger partial charge in [-0.25, -0.2) is 0 Å². The van der Waals surface area contributed by atoms with Crippen molar-refractivity contribution < 1.29 is 9.53 Å². The molecule has 3 nitrogen and oxygen atoms in total. The predicted octanol–water partition coefficient (Wildman–Crippen LogP) is 4.58. The van der Waals surface area contributed by atoms with Gasteiger partial charge in [0.25, 0.3) is 5.91 Å². The number of hydrogen-bond acceptors (Lipinski definition) is 5. The number of hydrogen-bond donors (Lipinski definition) is 1. The molecule has 1 fully saturated rings. The molecule has 7 heteroatoms. The van der Waals surface area contributed by atoms with E-state index >= 15 is 0 Å². The average Bonchev–Trinajstić information content (AvgIpc) is 3.08. The highest BCUT2D eigenvalue weighted by Crippen LogP contribution is 2.31. The standard InChI is InChI=1S/C15H10BrNO2S3/c16-10-3-4-12(19-8-11-2-1-5-21-11)9(6-10)7-13-14(18)17-15(20)22-13/h1-7H,8H2,(H,17,18,20)/b13-7+. The third-order valence-corrected chi connectivity index (χ3v) is 5.36. The number of thiocarbonyl (C=S) groups is 1. The maximum Gasteiger partial charge on any atom is 0.263 e. The maximum atomic E-state index is 11.8. The van der Waals surface area contributed by atoms with Crippen molar-refractivity contribution in [2.45, 2.75) is 6.61 Å². The van der Waals surface area contributed by atoms with Gasteiger partial charge in [-0.15, -0.1) is 11.3 Å². The van der Waals surface area contributed by atoms with Gasteiger partial charge in [0.05, 0.1) is 4.91 Å². The number of amides is 1. The first-order chi connectivity index (χ1) is 10.6. The molecule has 0 saturated carbocycles. The van der Waals surface area contributed by atoms with Crippen LogP contribution < -0.4 is 10.1 Å². The third-order valence-electron chi connectivity index (χ3n) is 2.85. The number of carbonyl (C=O) groups is 1. The lowest BCUT2D eigenvalue weighted by atomic mass is 10.2. The van der Waals surface area contributed by atoms with Gasteiger partial charge in [-0.2, -0.15) is 0 Å². The number of rotatable bonds is 4. The Morgan fingerprint density at radius 3 is 2.91 bits per heavy atom. The van der Waals surface area contributed by atoms with Crippen molar-refractivity contribution in [1.82, 2.24) is 5.32 Å². The van der Waals surface area contributed by atoms with Crippen molar-refractivity contribution in [2.75, 3.05) is 0 Å². The summed E-state index contributed by atoms with van der Waals surface area (Å²) in [6, 6.07) is 9.75. The lowest BCUT2D eigenvalue weighted by Crippen LogP contribution is -2.17. The van der Waals surface area contributed by atoms with E-state index in [1.807, 2.05) is 35.7 Å². The molecule has 1 aliphatic heterocycles.